The van der Waals surface area contributed by atoms with Crippen molar-refractivity contribution in [3.8, 4) is 17.3 Å². The third kappa shape index (κ3) is 4.89. The number of ether oxygens (including phenoxy) is 2. The number of imidazole rings is 1. The molecule has 9 heteroatoms. The van der Waals surface area contributed by atoms with Gasteiger partial charge in [0.2, 0.25) is 0 Å². The highest BCUT2D eigenvalue weighted by Gasteiger charge is 2.36. The fourth-order valence-electron chi connectivity index (χ4n) is 4.59. The van der Waals surface area contributed by atoms with Crippen LogP contribution in [0.5, 0.6) is 6.01 Å². The maximum atomic E-state index is 12.0. The highest BCUT2D eigenvalue weighted by molar-refractivity contribution is 6.33. The lowest BCUT2D eigenvalue weighted by Gasteiger charge is -2.31. The van der Waals surface area contributed by atoms with E-state index in [1.54, 1.807) is 6.07 Å². The molecule has 2 N–H and O–H groups in total. The molecule has 1 fully saturated rings. The van der Waals surface area contributed by atoms with Crippen molar-refractivity contribution in [3.05, 3.63) is 47.0 Å². The number of H-pyrrole nitrogens is 1. The van der Waals surface area contributed by atoms with Crippen LogP contribution >= 0.6 is 11.6 Å². The van der Waals surface area contributed by atoms with Crippen LogP contribution in [0.1, 0.15) is 44.6 Å². The molecule has 0 radical (unpaired) electrons. The number of carbonyl (C=O) groups is 2. The Balaban J connectivity index is 1.29. The number of halogens is 1. The van der Waals surface area contributed by atoms with E-state index < -0.39 is 5.97 Å². The van der Waals surface area contributed by atoms with Crippen LogP contribution in [-0.4, -0.2) is 44.7 Å². The van der Waals surface area contributed by atoms with E-state index in [-0.39, 0.29) is 23.9 Å². The summed E-state index contributed by atoms with van der Waals surface area (Å²) in [6.07, 6.45) is 5.22. The summed E-state index contributed by atoms with van der Waals surface area (Å²) in [5, 5.41) is 9.51. The number of aliphatic carboxylic acids is 1. The van der Waals surface area contributed by atoms with Crippen molar-refractivity contribution in [1.29, 1.82) is 0 Å². The first-order chi connectivity index (χ1) is 16.9. The average Bonchev–Trinajstić information content (AvgIpc) is 3.22. The standard InChI is InChI=1S/C26H26ClN3O5/c1-2-34-25(33)17-9-5-15(6-10-17)14-3-7-16(8-4-14)22-20(27)13-21-23(29-22)30-26(28-21)35-19-11-18(12-19)24(31)32/h3-5,7-8,13,17-19H,2,6,9-12H2,1H3,(H,31,32)(H,28,29,30)/t17?,18-,19+. The summed E-state index contributed by atoms with van der Waals surface area (Å²) >= 11 is 6.53. The molecule has 5 rings (SSSR count). The van der Waals surface area contributed by atoms with Gasteiger partial charge in [-0.15, -0.1) is 0 Å². The van der Waals surface area contributed by atoms with Crippen LogP contribution in [0.15, 0.2) is 36.4 Å². The number of aromatic amines is 1. The van der Waals surface area contributed by atoms with E-state index in [0.717, 1.165) is 24.0 Å². The summed E-state index contributed by atoms with van der Waals surface area (Å²) in [4.78, 5) is 35.1. The summed E-state index contributed by atoms with van der Waals surface area (Å²) in [6, 6.07) is 10.1. The normalized spacial score (nSPS) is 21.8. The molecule has 2 aliphatic carbocycles. The Morgan fingerprint density at radius 1 is 1.14 bits per heavy atom. The number of rotatable bonds is 7. The summed E-state index contributed by atoms with van der Waals surface area (Å²) in [5.41, 5.74) is 4.97. The van der Waals surface area contributed by atoms with Crippen molar-refractivity contribution < 1.29 is 24.2 Å². The van der Waals surface area contributed by atoms with E-state index in [2.05, 4.69) is 21.0 Å². The van der Waals surface area contributed by atoms with Gasteiger partial charge in [0.05, 0.1) is 34.7 Å². The summed E-state index contributed by atoms with van der Waals surface area (Å²) in [5.74, 6) is -1.31. The highest BCUT2D eigenvalue weighted by atomic mass is 35.5. The minimum atomic E-state index is -0.792. The van der Waals surface area contributed by atoms with Gasteiger partial charge in [0.1, 0.15) is 6.10 Å². The molecule has 2 aliphatic rings. The molecule has 3 aromatic rings. The van der Waals surface area contributed by atoms with E-state index >= 15 is 0 Å². The van der Waals surface area contributed by atoms with Crippen molar-refractivity contribution >= 4 is 40.3 Å². The fourth-order valence-corrected chi connectivity index (χ4v) is 4.85. The topological polar surface area (TPSA) is 114 Å². The Labute approximate surface area is 207 Å². The summed E-state index contributed by atoms with van der Waals surface area (Å²) < 4.78 is 10.9. The number of fused-ring (bicyclic) bond motifs is 1. The third-order valence-electron chi connectivity index (χ3n) is 6.69. The minimum Gasteiger partial charge on any atom is -0.481 e. The Kier molecular flexibility index (Phi) is 6.47. The lowest BCUT2D eigenvalue weighted by atomic mass is 9.82. The van der Waals surface area contributed by atoms with Gasteiger partial charge in [0.25, 0.3) is 6.01 Å². The number of carboxylic acids is 1. The van der Waals surface area contributed by atoms with Gasteiger partial charge in [-0.2, -0.15) is 4.98 Å². The highest BCUT2D eigenvalue weighted by Crippen LogP contribution is 2.35. The Morgan fingerprint density at radius 2 is 1.89 bits per heavy atom. The molecular formula is C26H26ClN3O5. The quantitative estimate of drug-likeness (QED) is 0.429. The first-order valence-electron chi connectivity index (χ1n) is 11.8. The fraction of sp³-hybridized carbons (Fsp3) is 0.385. The number of hydrogen-bond acceptors (Lipinski definition) is 6. The van der Waals surface area contributed by atoms with Crippen LogP contribution in [-0.2, 0) is 14.3 Å². The summed E-state index contributed by atoms with van der Waals surface area (Å²) in [7, 11) is 0. The maximum absolute atomic E-state index is 12.0. The van der Waals surface area contributed by atoms with Crippen LogP contribution in [0.4, 0.5) is 0 Å². The smallest absolute Gasteiger partial charge is 0.309 e. The molecule has 1 aromatic carbocycles. The number of carboxylic acid groups (broad SMARTS) is 1. The van der Waals surface area contributed by atoms with Gasteiger partial charge >= 0.3 is 11.9 Å². The number of hydrogen-bond donors (Lipinski definition) is 2. The Bertz CT molecular complexity index is 1290. The molecule has 0 saturated heterocycles. The Hall–Kier alpha value is -3.39. The zero-order valence-corrected chi connectivity index (χ0v) is 20.0. The molecule has 1 saturated carbocycles. The van der Waals surface area contributed by atoms with Gasteiger partial charge in [-0.25, -0.2) is 4.98 Å². The summed E-state index contributed by atoms with van der Waals surface area (Å²) in [6.45, 7) is 2.24. The number of nitrogens with one attached hydrogen (secondary N) is 1. The van der Waals surface area contributed by atoms with E-state index in [1.165, 1.54) is 5.57 Å². The van der Waals surface area contributed by atoms with Gasteiger partial charge in [0, 0.05) is 5.56 Å². The van der Waals surface area contributed by atoms with Crippen molar-refractivity contribution in [2.24, 2.45) is 11.8 Å². The van der Waals surface area contributed by atoms with Crippen molar-refractivity contribution in [3.63, 3.8) is 0 Å². The second kappa shape index (κ2) is 9.70. The molecule has 0 bridgehead atoms. The molecule has 0 amide bonds. The lowest BCUT2D eigenvalue weighted by molar-refractivity contribution is -0.149. The first kappa shape index (κ1) is 23.4. The van der Waals surface area contributed by atoms with Gasteiger partial charge in [-0.05, 0) is 56.2 Å². The molecule has 35 heavy (non-hydrogen) atoms. The molecule has 1 atom stereocenters. The SMILES string of the molecule is CCOC(=O)C1CC=C(c2ccc(-c3nc4nc(O[C@H]5C[C@@H](C(=O)O)C5)[nH]c4cc3Cl)cc2)CC1. The molecule has 0 aliphatic heterocycles. The molecule has 2 aromatic heterocycles. The molecule has 0 spiro atoms. The van der Waals surface area contributed by atoms with E-state index in [1.807, 2.05) is 31.2 Å². The van der Waals surface area contributed by atoms with E-state index in [9.17, 15) is 9.59 Å². The van der Waals surface area contributed by atoms with Gasteiger partial charge in [-0.1, -0.05) is 41.9 Å². The molecular weight excluding hydrogens is 470 g/mol. The van der Waals surface area contributed by atoms with Gasteiger partial charge in [-0.3, -0.25) is 9.59 Å². The van der Waals surface area contributed by atoms with Crippen LogP contribution in [0.3, 0.4) is 0 Å². The maximum Gasteiger partial charge on any atom is 0.309 e. The average molecular weight is 496 g/mol. The van der Waals surface area contributed by atoms with Gasteiger partial charge < -0.3 is 19.6 Å². The number of aromatic nitrogens is 3. The second-order valence-electron chi connectivity index (χ2n) is 9.01. The van der Waals surface area contributed by atoms with Crippen molar-refractivity contribution in [1.82, 2.24) is 15.0 Å². The number of pyridine rings is 1. The van der Waals surface area contributed by atoms with Gasteiger partial charge in [0.15, 0.2) is 5.65 Å². The lowest BCUT2D eigenvalue weighted by Crippen LogP contribution is -2.38. The monoisotopic (exact) mass is 495 g/mol. The van der Waals surface area contributed by atoms with Crippen LogP contribution < -0.4 is 4.74 Å². The minimum absolute atomic E-state index is 0.0571. The molecule has 182 valence electrons. The van der Waals surface area contributed by atoms with E-state index in [0.29, 0.717) is 53.8 Å². The zero-order valence-electron chi connectivity index (χ0n) is 19.3. The van der Waals surface area contributed by atoms with E-state index in [4.69, 9.17) is 26.2 Å². The number of nitrogens with zero attached hydrogens (tertiary/aromatic N) is 2. The number of carbonyl (C=O) groups excluding carboxylic acids is 1. The van der Waals surface area contributed by atoms with Crippen LogP contribution in [0.2, 0.25) is 5.02 Å². The number of allylic oxidation sites excluding steroid dienone is 2. The number of benzene rings is 1. The zero-order chi connectivity index (χ0) is 24.5. The second-order valence-corrected chi connectivity index (χ2v) is 9.42. The largest absolute Gasteiger partial charge is 0.481 e. The van der Waals surface area contributed by atoms with Crippen molar-refractivity contribution in [2.45, 2.75) is 45.1 Å². The molecule has 2 heterocycles. The predicted molar refractivity (Wildman–Crippen MR) is 131 cm³/mol. The molecule has 8 nitrogen and oxygen atoms in total. The van der Waals surface area contributed by atoms with Crippen molar-refractivity contribution in [2.75, 3.05) is 6.61 Å². The Morgan fingerprint density at radius 3 is 2.54 bits per heavy atom. The third-order valence-corrected chi connectivity index (χ3v) is 6.98. The predicted octanol–water partition coefficient (Wildman–Crippen LogP) is 5.27. The van der Waals surface area contributed by atoms with Crippen LogP contribution in [0.25, 0.3) is 28.0 Å². The molecule has 1 unspecified atom stereocenters. The van der Waals surface area contributed by atoms with Crippen LogP contribution in [0, 0.1) is 11.8 Å². The first-order valence-corrected chi connectivity index (χ1v) is 12.2. The number of esters is 1.